The van der Waals surface area contributed by atoms with Gasteiger partial charge in [-0.3, -0.25) is 14.5 Å². The molecule has 0 amide bonds. The Morgan fingerprint density at radius 2 is 2.02 bits per heavy atom. The number of nitrogens with one attached hydrogen (secondary N) is 1. The largest absolute Gasteiger partial charge is 0.476 e. The number of rotatable bonds is 11. The summed E-state index contributed by atoms with van der Waals surface area (Å²) in [7, 11) is 3.30. The predicted octanol–water partition coefficient (Wildman–Crippen LogP) is 4.28. The van der Waals surface area contributed by atoms with E-state index in [9.17, 15) is 19.8 Å². The minimum absolute atomic E-state index is 0.127. The Hall–Kier alpha value is -4.69. The van der Waals surface area contributed by atoms with E-state index < -0.39 is 18.7 Å². The van der Waals surface area contributed by atoms with E-state index in [1.807, 2.05) is 0 Å². The number of pyridine rings is 2. The maximum absolute atomic E-state index is 15.3. The Balaban J connectivity index is 1.34. The molecule has 0 radical (unpaired) electrons. The Morgan fingerprint density at radius 1 is 1.21 bits per heavy atom. The molecule has 5 aromatic rings. The highest BCUT2D eigenvalue weighted by Gasteiger charge is 2.22. The van der Waals surface area contributed by atoms with Crippen molar-refractivity contribution in [2.45, 2.75) is 38.5 Å². The molecule has 0 saturated carbocycles. The molecule has 4 aromatic heterocycles. The van der Waals surface area contributed by atoms with Crippen molar-refractivity contribution in [3.05, 3.63) is 104 Å². The lowest BCUT2D eigenvalue weighted by molar-refractivity contribution is 0.0526. The van der Waals surface area contributed by atoms with Gasteiger partial charge >= 0.3 is 0 Å². The molecule has 11 nitrogen and oxygen atoms in total. The van der Waals surface area contributed by atoms with Crippen LogP contribution < -0.4 is 21.2 Å². The van der Waals surface area contributed by atoms with Gasteiger partial charge in [0, 0.05) is 53.3 Å². The number of aromatic nitrogens is 4. The van der Waals surface area contributed by atoms with Crippen LogP contribution in [0.25, 0.3) is 26.9 Å². The average molecular weight is 659 g/mol. The zero-order valence-electron chi connectivity index (χ0n) is 26.1. The van der Waals surface area contributed by atoms with Crippen molar-refractivity contribution in [1.82, 2.24) is 24.2 Å². The lowest BCUT2D eigenvalue weighted by Crippen LogP contribution is -2.33. The molecule has 1 unspecified atom stereocenters. The van der Waals surface area contributed by atoms with E-state index in [4.69, 9.17) is 4.74 Å². The van der Waals surface area contributed by atoms with Crippen LogP contribution in [0.3, 0.4) is 0 Å². The summed E-state index contributed by atoms with van der Waals surface area (Å²) in [5, 5.41) is 28.7. The molecule has 1 aliphatic carbocycles. The number of aliphatic hydroxyl groups is 2. The van der Waals surface area contributed by atoms with Gasteiger partial charge in [-0.2, -0.15) is 14.8 Å². The number of hydrogen-bond acceptors (Lipinski definition) is 10. The van der Waals surface area contributed by atoms with Gasteiger partial charge in [0.1, 0.15) is 34.9 Å². The van der Waals surface area contributed by atoms with Crippen molar-refractivity contribution < 1.29 is 19.3 Å². The number of anilines is 2. The third-order valence-electron chi connectivity index (χ3n) is 8.32. The number of aryl methyl sites for hydroxylation is 3. The number of aliphatic hydroxyl groups excluding tert-OH is 2. The first-order chi connectivity index (χ1) is 22.7. The first-order valence-electron chi connectivity index (χ1n) is 15.2. The van der Waals surface area contributed by atoms with E-state index in [0.717, 1.165) is 35.8 Å². The summed E-state index contributed by atoms with van der Waals surface area (Å²) in [5.74, 6) is 0.0113. The van der Waals surface area contributed by atoms with Gasteiger partial charge in [0.05, 0.1) is 18.5 Å². The fourth-order valence-corrected chi connectivity index (χ4v) is 7.10. The number of nitrogens with zero attached hydrogens (tertiary/aromatic N) is 5. The van der Waals surface area contributed by atoms with Crippen LogP contribution in [0.15, 0.2) is 71.0 Å². The van der Waals surface area contributed by atoms with E-state index in [2.05, 4.69) is 22.0 Å². The molecule has 1 aromatic carbocycles. The highest BCUT2D eigenvalue weighted by atomic mass is 32.1. The molecule has 6 rings (SSSR count). The maximum atomic E-state index is 15.3. The molecule has 0 bridgehead atoms. The zero-order chi connectivity index (χ0) is 33.2. The van der Waals surface area contributed by atoms with Crippen LogP contribution in [0.2, 0.25) is 0 Å². The van der Waals surface area contributed by atoms with Crippen molar-refractivity contribution in [3.63, 3.8) is 0 Å². The molecule has 1 atom stereocenters. The summed E-state index contributed by atoms with van der Waals surface area (Å²) < 4.78 is 24.1. The van der Waals surface area contributed by atoms with Gasteiger partial charge in [0.25, 0.3) is 11.1 Å². The summed E-state index contributed by atoms with van der Waals surface area (Å²) >= 11 is 1.46. The molecule has 0 fully saturated rings. The third kappa shape index (κ3) is 6.47. The van der Waals surface area contributed by atoms with Crippen molar-refractivity contribution >= 4 is 32.9 Å². The van der Waals surface area contributed by atoms with Gasteiger partial charge < -0.3 is 24.8 Å². The van der Waals surface area contributed by atoms with E-state index in [1.54, 1.807) is 55.7 Å². The molecule has 0 spiro atoms. The number of hydrogen-bond donors (Lipinski definition) is 3. The molecule has 244 valence electrons. The highest BCUT2D eigenvalue weighted by molar-refractivity contribution is 7.19. The summed E-state index contributed by atoms with van der Waals surface area (Å²) in [6.45, 7) is 3.73. The standard InChI is InChI=1S/C34H35FN6O5S/c1-4-31(43)39(2)12-13-46-30-11-7-10-29(38-30)37-26-14-20(18-40(3)33(26)44)23-15-21(35)16-27(25(23)19-42)41-34(45)32-24(17-36-41)22-8-5-6-9-28(22)47-32/h4,7,10-11,14-18,31,42-43H,1,5-6,8-9,12-13,19H2,2-3H3,(H,37,38). The van der Waals surface area contributed by atoms with Crippen LogP contribution in [0.4, 0.5) is 15.9 Å². The number of thiophene rings is 1. The number of halogens is 1. The Morgan fingerprint density at radius 3 is 2.81 bits per heavy atom. The predicted molar refractivity (Wildman–Crippen MR) is 180 cm³/mol. The maximum Gasteiger partial charge on any atom is 0.289 e. The quantitative estimate of drug-likeness (QED) is 0.140. The number of fused-ring (bicyclic) bond motifs is 3. The first kappa shape index (κ1) is 32.3. The fraction of sp³-hybridized carbons (Fsp3) is 0.294. The lowest BCUT2D eigenvalue weighted by atomic mass is 9.97. The second-order valence-corrected chi connectivity index (χ2v) is 12.6. The van der Waals surface area contributed by atoms with Crippen LogP contribution in [-0.4, -0.2) is 60.9 Å². The van der Waals surface area contributed by atoms with Crippen LogP contribution in [0.1, 0.15) is 28.8 Å². The molecule has 4 heterocycles. The first-order valence-corrected chi connectivity index (χ1v) is 16.0. The van der Waals surface area contributed by atoms with E-state index in [-0.39, 0.29) is 34.7 Å². The molecule has 47 heavy (non-hydrogen) atoms. The summed E-state index contributed by atoms with van der Waals surface area (Å²) in [5.41, 5.74) is 1.73. The molecule has 3 N–H and O–H groups in total. The van der Waals surface area contributed by atoms with Crippen LogP contribution >= 0.6 is 11.3 Å². The number of likely N-dealkylation sites (N-methyl/N-ethyl adjacent to an activating group) is 1. The number of ether oxygens (including phenoxy) is 1. The minimum atomic E-state index is -0.796. The fourth-order valence-electron chi connectivity index (χ4n) is 5.81. The SMILES string of the molecule is C=CC(O)N(C)CCOc1cccc(Nc2cc(-c3cc(F)cc(-n4ncc5c6c(sc5c4=O)CCCC6)c3CO)cn(C)c2=O)n1. The molecule has 13 heteroatoms. The van der Waals surface area contributed by atoms with Gasteiger partial charge in [-0.25, -0.2) is 4.39 Å². The van der Waals surface area contributed by atoms with E-state index in [0.29, 0.717) is 34.1 Å². The second-order valence-electron chi connectivity index (χ2n) is 11.4. The molecular formula is C34H35FN6O5S. The topological polar surface area (TPSA) is 135 Å². The molecule has 1 aliphatic rings. The molecule has 0 aliphatic heterocycles. The second kappa shape index (κ2) is 13.6. The van der Waals surface area contributed by atoms with Crippen LogP contribution in [0.5, 0.6) is 5.88 Å². The van der Waals surface area contributed by atoms with Gasteiger partial charge in [-0.05, 0) is 68.1 Å². The highest BCUT2D eigenvalue weighted by Crippen LogP contribution is 2.35. The van der Waals surface area contributed by atoms with E-state index in [1.165, 1.54) is 44.6 Å². The Labute approximate surface area is 273 Å². The van der Waals surface area contributed by atoms with Crippen molar-refractivity contribution in [2.75, 3.05) is 25.5 Å². The normalized spacial score (nSPS) is 13.5. The van der Waals surface area contributed by atoms with Crippen molar-refractivity contribution in [1.29, 1.82) is 0 Å². The van der Waals surface area contributed by atoms with Gasteiger partial charge in [-0.15, -0.1) is 11.3 Å². The van der Waals surface area contributed by atoms with Gasteiger partial charge in [0.2, 0.25) is 5.88 Å². The number of benzene rings is 1. The van der Waals surface area contributed by atoms with Crippen molar-refractivity contribution in [3.8, 4) is 22.7 Å². The van der Waals surface area contributed by atoms with Gasteiger partial charge in [-0.1, -0.05) is 12.6 Å². The molecule has 0 saturated heterocycles. The van der Waals surface area contributed by atoms with Crippen LogP contribution in [0, 0.1) is 5.82 Å². The smallest absolute Gasteiger partial charge is 0.289 e. The third-order valence-corrected chi connectivity index (χ3v) is 9.61. The summed E-state index contributed by atoms with van der Waals surface area (Å²) in [4.78, 5) is 34.2. The monoisotopic (exact) mass is 658 g/mol. The Kier molecular flexibility index (Phi) is 9.32. The average Bonchev–Trinajstić information content (AvgIpc) is 3.46. The zero-order valence-corrected chi connectivity index (χ0v) is 26.9. The lowest BCUT2D eigenvalue weighted by Gasteiger charge is -2.20. The Bertz CT molecular complexity index is 2090. The van der Waals surface area contributed by atoms with Crippen LogP contribution in [-0.2, 0) is 26.5 Å². The summed E-state index contributed by atoms with van der Waals surface area (Å²) in [6, 6.07) is 9.06. The van der Waals surface area contributed by atoms with Gasteiger partial charge in [0.15, 0.2) is 0 Å². The summed E-state index contributed by atoms with van der Waals surface area (Å²) in [6.07, 6.45) is 7.79. The van der Waals surface area contributed by atoms with Crippen molar-refractivity contribution in [2.24, 2.45) is 7.05 Å². The van der Waals surface area contributed by atoms with E-state index >= 15 is 4.39 Å². The minimum Gasteiger partial charge on any atom is -0.476 e. The molecular weight excluding hydrogens is 623 g/mol.